The van der Waals surface area contributed by atoms with Gasteiger partial charge in [-0.3, -0.25) is 4.98 Å². The number of aromatic nitrogens is 1. The Kier molecular flexibility index (Phi) is 3.74. The number of nitrogens with two attached hydrogens (primary N) is 1. The van der Waals surface area contributed by atoms with E-state index in [1.807, 2.05) is 6.07 Å². The summed E-state index contributed by atoms with van der Waals surface area (Å²) < 4.78 is 27.6. The third-order valence-corrected chi connectivity index (χ3v) is 4.07. The second-order valence-electron chi connectivity index (χ2n) is 5.72. The number of fused-ring (bicyclic) bond motifs is 1. The van der Waals surface area contributed by atoms with E-state index in [0.29, 0.717) is 17.1 Å². The Morgan fingerprint density at radius 2 is 1.88 bits per heavy atom. The summed E-state index contributed by atoms with van der Waals surface area (Å²) in [4.78, 5) is 8.51. The van der Waals surface area contributed by atoms with E-state index >= 15 is 0 Å². The van der Waals surface area contributed by atoms with Gasteiger partial charge in [0.15, 0.2) is 0 Å². The van der Waals surface area contributed by atoms with Crippen LogP contribution in [-0.4, -0.2) is 10.8 Å². The number of hydrogen-bond acceptors (Lipinski definition) is 4. The van der Waals surface area contributed by atoms with E-state index < -0.39 is 17.8 Å². The average molecular weight is 336 g/mol. The lowest BCUT2D eigenvalue weighted by Gasteiger charge is -2.23. The van der Waals surface area contributed by atoms with Gasteiger partial charge in [0, 0.05) is 34.8 Å². The Hall–Kier alpha value is -3.12. The Bertz CT molecular complexity index is 970. The summed E-state index contributed by atoms with van der Waals surface area (Å²) in [5, 5.41) is 3.20. The smallest absolute Gasteiger partial charge is 0.136 e. The van der Waals surface area contributed by atoms with Crippen LogP contribution in [0.1, 0.15) is 17.3 Å². The topological polar surface area (TPSA) is 63.3 Å². The first-order valence-electron chi connectivity index (χ1n) is 7.72. The molecule has 0 aliphatic carbocycles. The Balaban J connectivity index is 1.76. The number of rotatable bonds is 2. The van der Waals surface area contributed by atoms with Crippen LogP contribution >= 0.6 is 0 Å². The predicted molar refractivity (Wildman–Crippen MR) is 93.1 cm³/mol. The number of hydrogen-bond donors (Lipinski definition) is 2. The summed E-state index contributed by atoms with van der Waals surface area (Å²) in [7, 11) is 0. The molecule has 2 heterocycles. The molecule has 0 saturated carbocycles. The maximum Gasteiger partial charge on any atom is 0.136 e. The molecule has 1 aliphatic rings. The van der Waals surface area contributed by atoms with Crippen LogP contribution in [0.2, 0.25) is 0 Å². The van der Waals surface area contributed by atoms with Gasteiger partial charge in [-0.1, -0.05) is 12.1 Å². The molecule has 2 aromatic carbocycles. The van der Waals surface area contributed by atoms with Crippen molar-refractivity contribution < 1.29 is 8.78 Å². The van der Waals surface area contributed by atoms with Gasteiger partial charge in [0.05, 0.1) is 0 Å². The number of pyridine rings is 1. The number of aliphatic imine (C=N–C) groups is 1. The van der Waals surface area contributed by atoms with Gasteiger partial charge < -0.3 is 11.1 Å². The van der Waals surface area contributed by atoms with Crippen molar-refractivity contribution in [2.75, 3.05) is 5.32 Å². The molecule has 0 radical (unpaired) electrons. The maximum atomic E-state index is 14.1. The fraction of sp³-hybridized carbons (Fsp3) is 0.0526. The first-order valence-corrected chi connectivity index (χ1v) is 7.72. The van der Waals surface area contributed by atoms with Crippen molar-refractivity contribution in [1.82, 2.24) is 4.98 Å². The third-order valence-electron chi connectivity index (χ3n) is 4.07. The summed E-state index contributed by atoms with van der Waals surface area (Å²) in [5.74, 6) is -0.385. The Morgan fingerprint density at radius 1 is 1.00 bits per heavy atom. The van der Waals surface area contributed by atoms with E-state index in [2.05, 4.69) is 15.3 Å². The summed E-state index contributed by atoms with van der Waals surface area (Å²) in [6.07, 6.45) is 2.81. The fourth-order valence-corrected chi connectivity index (χ4v) is 2.83. The monoisotopic (exact) mass is 336 g/mol. The standard InChI is InChI=1S/C19H14F2N4/c20-13-4-6-16(21)15(9-13)11-3-5-14-17(8-11)24-19(25-18(14)22)12-2-1-7-23-10-12/h1-10,18H,22H2,(H,24,25). The highest BCUT2D eigenvalue weighted by atomic mass is 19.1. The molecule has 0 amide bonds. The van der Waals surface area contributed by atoms with Crippen molar-refractivity contribution in [2.45, 2.75) is 6.17 Å². The molecule has 0 bridgehead atoms. The molecule has 3 aromatic rings. The van der Waals surface area contributed by atoms with Gasteiger partial charge in [0.2, 0.25) is 0 Å². The Morgan fingerprint density at radius 3 is 2.68 bits per heavy atom. The van der Waals surface area contributed by atoms with Gasteiger partial charge in [-0.15, -0.1) is 0 Å². The lowest BCUT2D eigenvalue weighted by molar-refractivity contribution is 0.603. The van der Waals surface area contributed by atoms with Crippen molar-refractivity contribution in [3.63, 3.8) is 0 Å². The van der Waals surface area contributed by atoms with E-state index in [0.717, 1.165) is 23.3 Å². The zero-order chi connectivity index (χ0) is 17.4. The van der Waals surface area contributed by atoms with Crippen molar-refractivity contribution >= 4 is 11.5 Å². The number of amidine groups is 1. The van der Waals surface area contributed by atoms with E-state index in [4.69, 9.17) is 5.73 Å². The molecule has 124 valence electrons. The van der Waals surface area contributed by atoms with E-state index in [1.165, 1.54) is 6.07 Å². The minimum absolute atomic E-state index is 0.198. The first kappa shape index (κ1) is 15.4. The summed E-state index contributed by atoms with van der Waals surface area (Å²) in [5.41, 5.74) is 9.18. The van der Waals surface area contributed by atoms with Crippen LogP contribution in [0.25, 0.3) is 11.1 Å². The molecule has 3 N–H and O–H groups in total. The van der Waals surface area contributed by atoms with Crippen LogP contribution in [0, 0.1) is 11.6 Å². The van der Waals surface area contributed by atoms with Crippen LogP contribution in [-0.2, 0) is 0 Å². The largest absolute Gasteiger partial charge is 0.340 e. The van der Waals surface area contributed by atoms with Crippen molar-refractivity contribution in [3.05, 3.63) is 83.7 Å². The number of halogens is 2. The Labute approximate surface area is 143 Å². The third kappa shape index (κ3) is 2.88. The highest BCUT2D eigenvalue weighted by Crippen LogP contribution is 2.33. The van der Waals surface area contributed by atoms with Gasteiger partial charge >= 0.3 is 0 Å². The molecular weight excluding hydrogens is 322 g/mol. The van der Waals surface area contributed by atoms with E-state index in [9.17, 15) is 8.78 Å². The van der Waals surface area contributed by atoms with Crippen LogP contribution in [0.15, 0.2) is 65.9 Å². The molecule has 0 saturated heterocycles. The van der Waals surface area contributed by atoms with Crippen LogP contribution in [0.4, 0.5) is 14.5 Å². The first-order chi connectivity index (χ1) is 12.1. The van der Waals surface area contributed by atoms with Crippen molar-refractivity contribution in [3.8, 4) is 11.1 Å². The second-order valence-corrected chi connectivity index (χ2v) is 5.72. The number of nitrogens with zero attached hydrogens (tertiary/aromatic N) is 2. The molecule has 25 heavy (non-hydrogen) atoms. The second kappa shape index (κ2) is 6.07. The summed E-state index contributed by atoms with van der Waals surface area (Å²) >= 11 is 0. The predicted octanol–water partition coefficient (Wildman–Crippen LogP) is 3.86. The normalized spacial score (nSPS) is 16.0. The zero-order valence-electron chi connectivity index (χ0n) is 13.1. The minimum atomic E-state index is -0.544. The van der Waals surface area contributed by atoms with Crippen LogP contribution in [0.5, 0.6) is 0 Å². The van der Waals surface area contributed by atoms with Gasteiger partial charge in [-0.25, -0.2) is 13.8 Å². The SMILES string of the molecule is NC1N=C(c2cccnc2)Nc2cc(-c3cc(F)ccc3F)ccc21. The molecule has 1 aliphatic heterocycles. The van der Waals surface area contributed by atoms with E-state index in [1.54, 1.807) is 36.7 Å². The van der Waals surface area contributed by atoms with Gasteiger partial charge in [-0.05, 0) is 42.0 Å². The van der Waals surface area contributed by atoms with E-state index in [-0.39, 0.29) is 5.56 Å². The number of anilines is 1. The lowest BCUT2D eigenvalue weighted by atomic mass is 9.99. The van der Waals surface area contributed by atoms with Crippen LogP contribution in [0.3, 0.4) is 0 Å². The lowest BCUT2D eigenvalue weighted by Crippen LogP contribution is -2.25. The highest BCUT2D eigenvalue weighted by Gasteiger charge is 2.20. The molecule has 1 unspecified atom stereocenters. The molecule has 1 atom stereocenters. The van der Waals surface area contributed by atoms with Crippen molar-refractivity contribution in [2.24, 2.45) is 10.7 Å². The minimum Gasteiger partial charge on any atom is -0.340 e. The fourth-order valence-electron chi connectivity index (χ4n) is 2.83. The summed E-state index contributed by atoms with van der Waals surface area (Å²) in [6.45, 7) is 0. The molecule has 0 fully saturated rings. The van der Waals surface area contributed by atoms with Crippen LogP contribution < -0.4 is 11.1 Å². The van der Waals surface area contributed by atoms with Crippen molar-refractivity contribution in [1.29, 1.82) is 0 Å². The van der Waals surface area contributed by atoms with Gasteiger partial charge in [0.1, 0.15) is 23.6 Å². The molecule has 4 nitrogen and oxygen atoms in total. The quantitative estimate of drug-likeness (QED) is 0.747. The molecular formula is C19H14F2N4. The summed E-state index contributed by atoms with van der Waals surface area (Å²) in [6, 6.07) is 12.3. The van der Waals surface area contributed by atoms with Gasteiger partial charge in [-0.2, -0.15) is 0 Å². The average Bonchev–Trinajstić information content (AvgIpc) is 2.64. The molecule has 4 rings (SSSR count). The van der Waals surface area contributed by atoms with Gasteiger partial charge in [0.25, 0.3) is 0 Å². The molecule has 1 aromatic heterocycles. The molecule has 0 spiro atoms. The maximum absolute atomic E-state index is 14.1. The number of benzene rings is 2. The highest BCUT2D eigenvalue weighted by molar-refractivity contribution is 6.09. The number of nitrogens with one attached hydrogen (secondary N) is 1. The zero-order valence-corrected chi connectivity index (χ0v) is 13.1. The molecule has 6 heteroatoms.